The fourth-order valence-electron chi connectivity index (χ4n) is 2.91. The van der Waals surface area contributed by atoms with Crippen LogP contribution in [0.3, 0.4) is 0 Å². The summed E-state index contributed by atoms with van der Waals surface area (Å²) >= 11 is 3.09. The van der Waals surface area contributed by atoms with E-state index in [1.165, 1.54) is 11.3 Å². The first-order chi connectivity index (χ1) is 12.1. The van der Waals surface area contributed by atoms with Gasteiger partial charge in [-0.1, -0.05) is 30.3 Å². The third-order valence-electron chi connectivity index (χ3n) is 4.00. The number of anilines is 1. The Kier molecular flexibility index (Phi) is 4.15. The highest BCUT2D eigenvalue weighted by molar-refractivity contribution is 7.17. The first-order valence-corrected chi connectivity index (χ1v) is 9.80. The van der Waals surface area contributed by atoms with Gasteiger partial charge in [0.25, 0.3) is 5.91 Å². The van der Waals surface area contributed by atoms with E-state index in [1.807, 2.05) is 41.8 Å². The predicted molar refractivity (Wildman–Crippen MR) is 106 cm³/mol. The van der Waals surface area contributed by atoms with E-state index >= 15 is 0 Å². The van der Waals surface area contributed by atoms with Gasteiger partial charge in [-0.15, -0.1) is 22.7 Å². The van der Waals surface area contributed by atoms with E-state index in [-0.39, 0.29) is 11.9 Å². The summed E-state index contributed by atoms with van der Waals surface area (Å²) in [7, 11) is 0. The SMILES string of the molecule is CC(C)n1c(C(=O)Nc2nc(-c3ccccc3)cs2)cc2sccc21. The van der Waals surface area contributed by atoms with Gasteiger partial charge in [-0.2, -0.15) is 0 Å². The molecule has 0 radical (unpaired) electrons. The van der Waals surface area contributed by atoms with Crippen molar-refractivity contribution < 1.29 is 4.79 Å². The zero-order valence-electron chi connectivity index (χ0n) is 13.9. The van der Waals surface area contributed by atoms with Crippen molar-refractivity contribution in [1.82, 2.24) is 9.55 Å². The smallest absolute Gasteiger partial charge is 0.274 e. The van der Waals surface area contributed by atoms with Crippen molar-refractivity contribution in [3.63, 3.8) is 0 Å². The number of rotatable bonds is 4. The third-order valence-corrected chi connectivity index (χ3v) is 5.61. The van der Waals surface area contributed by atoms with E-state index in [2.05, 4.69) is 40.2 Å². The van der Waals surface area contributed by atoms with Gasteiger partial charge in [-0.05, 0) is 31.4 Å². The molecule has 4 rings (SSSR count). The molecule has 0 aliphatic heterocycles. The summed E-state index contributed by atoms with van der Waals surface area (Å²) in [6.45, 7) is 4.18. The largest absolute Gasteiger partial charge is 0.333 e. The number of nitrogens with one attached hydrogen (secondary N) is 1. The number of aromatic nitrogens is 2. The van der Waals surface area contributed by atoms with Gasteiger partial charge >= 0.3 is 0 Å². The van der Waals surface area contributed by atoms with Gasteiger partial charge in [-0.3, -0.25) is 10.1 Å². The van der Waals surface area contributed by atoms with Crippen molar-refractivity contribution in [2.24, 2.45) is 0 Å². The molecule has 0 bridgehead atoms. The molecule has 3 heterocycles. The number of hydrogen-bond donors (Lipinski definition) is 1. The highest BCUT2D eigenvalue weighted by Gasteiger charge is 2.19. The number of benzene rings is 1. The molecule has 0 spiro atoms. The van der Waals surface area contributed by atoms with E-state index < -0.39 is 0 Å². The molecule has 0 saturated heterocycles. The van der Waals surface area contributed by atoms with E-state index in [0.717, 1.165) is 21.5 Å². The zero-order valence-corrected chi connectivity index (χ0v) is 15.5. The minimum Gasteiger partial charge on any atom is -0.333 e. The number of carbonyl (C=O) groups is 1. The maximum atomic E-state index is 12.8. The number of hydrogen-bond acceptors (Lipinski definition) is 4. The molecule has 0 unspecified atom stereocenters. The Bertz CT molecular complexity index is 1030. The van der Waals surface area contributed by atoms with Crippen LogP contribution < -0.4 is 5.32 Å². The van der Waals surface area contributed by atoms with E-state index in [0.29, 0.717) is 10.8 Å². The van der Waals surface area contributed by atoms with Crippen molar-refractivity contribution in [1.29, 1.82) is 0 Å². The van der Waals surface area contributed by atoms with Crippen LogP contribution in [0.2, 0.25) is 0 Å². The average molecular weight is 367 g/mol. The zero-order chi connectivity index (χ0) is 17.4. The maximum Gasteiger partial charge on any atom is 0.274 e. The molecule has 0 atom stereocenters. The lowest BCUT2D eigenvalue weighted by Crippen LogP contribution is -2.18. The summed E-state index contributed by atoms with van der Waals surface area (Å²) in [4.78, 5) is 17.3. The van der Waals surface area contributed by atoms with Gasteiger partial charge in [0.05, 0.1) is 15.9 Å². The fourth-order valence-corrected chi connectivity index (χ4v) is 4.43. The minimum atomic E-state index is -0.119. The molecule has 0 fully saturated rings. The van der Waals surface area contributed by atoms with E-state index in [9.17, 15) is 4.79 Å². The van der Waals surface area contributed by atoms with Crippen molar-refractivity contribution in [2.75, 3.05) is 5.32 Å². The maximum absolute atomic E-state index is 12.8. The number of carbonyl (C=O) groups excluding carboxylic acids is 1. The van der Waals surface area contributed by atoms with Crippen LogP contribution in [0.5, 0.6) is 0 Å². The van der Waals surface area contributed by atoms with Crippen LogP contribution in [0.25, 0.3) is 21.5 Å². The predicted octanol–water partition coefficient (Wildman–Crippen LogP) is 5.66. The van der Waals surface area contributed by atoms with Gasteiger partial charge in [0.2, 0.25) is 0 Å². The number of thiophene rings is 1. The van der Waals surface area contributed by atoms with E-state index in [4.69, 9.17) is 0 Å². The highest BCUT2D eigenvalue weighted by Crippen LogP contribution is 2.30. The first kappa shape index (κ1) is 16.1. The summed E-state index contributed by atoms with van der Waals surface area (Å²) in [5, 5.41) is 7.58. The number of fused-ring (bicyclic) bond motifs is 1. The van der Waals surface area contributed by atoms with Gasteiger partial charge in [-0.25, -0.2) is 4.98 Å². The summed E-state index contributed by atoms with van der Waals surface area (Å²) in [5.41, 5.74) is 3.70. The number of amides is 1. The first-order valence-electron chi connectivity index (χ1n) is 8.04. The molecule has 4 aromatic rings. The molecular weight excluding hydrogens is 350 g/mol. The van der Waals surface area contributed by atoms with Gasteiger partial charge in [0.15, 0.2) is 5.13 Å². The van der Waals surface area contributed by atoms with Crippen molar-refractivity contribution in [2.45, 2.75) is 19.9 Å². The Morgan fingerprint density at radius 1 is 1.16 bits per heavy atom. The Morgan fingerprint density at radius 2 is 1.96 bits per heavy atom. The lowest BCUT2D eigenvalue weighted by atomic mass is 10.2. The second-order valence-corrected chi connectivity index (χ2v) is 7.83. The van der Waals surface area contributed by atoms with Crippen molar-refractivity contribution in [3.05, 3.63) is 58.9 Å². The molecule has 1 N–H and O–H groups in total. The molecule has 126 valence electrons. The molecule has 3 aromatic heterocycles. The molecule has 25 heavy (non-hydrogen) atoms. The lowest BCUT2D eigenvalue weighted by Gasteiger charge is -2.13. The quantitative estimate of drug-likeness (QED) is 0.506. The van der Waals surface area contributed by atoms with Gasteiger partial charge in [0, 0.05) is 17.0 Å². The van der Waals surface area contributed by atoms with Crippen LogP contribution >= 0.6 is 22.7 Å². The van der Waals surface area contributed by atoms with Crippen molar-refractivity contribution >= 4 is 43.9 Å². The van der Waals surface area contributed by atoms with E-state index in [1.54, 1.807) is 11.3 Å². The van der Waals surface area contributed by atoms with Crippen LogP contribution in [-0.4, -0.2) is 15.5 Å². The molecule has 6 heteroatoms. The van der Waals surface area contributed by atoms with Gasteiger partial charge < -0.3 is 4.57 Å². The van der Waals surface area contributed by atoms with Crippen LogP contribution in [0.1, 0.15) is 30.4 Å². The second-order valence-electron chi connectivity index (χ2n) is 6.02. The Hall–Kier alpha value is -2.44. The van der Waals surface area contributed by atoms with Gasteiger partial charge in [0.1, 0.15) is 5.69 Å². The summed E-state index contributed by atoms with van der Waals surface area (Å²) < 4.78 is 3.20. The summed E-state index contributed by atoms with van der Waals surface area (Å²) in [6, 6.07) is 14.2. The number of thiazole rings is 1. The molecule has 1 aromatic carbocycles. The Labute approximate surface area is 153 Å². The normalized spacial score (nSPS) is 11.3. The molecule has 1 amide bonds. The second kappa shape index (κ2) is 6.46. The summed E-state index contributed by atoms with van der Waals surface area (Å²) in [5.74, 6) is -0.119. The Morgan fingerprint density at radius 3 is 2.72 bits per heavy atom. The third kappa shape index (κ3) is 2.99. The Balaban J connectivity index is 1.62. The molecular formula is C19H17N3OS2. The molecule has 0 aliphatic carbocycles. The molecule has 0 aliphatic rings. The number of nitrogens with zero attached hydrogens (tertiary/aromatic N) is 2. The topological polar surface area (TPSA) is 46.9 Å². The van der Waals surface area contributed by atoms with Crippen LogP contribution in [-0.2, 0) is 0 Å². The van der Waals surface area contributed by atoms with Crippen molar-refractivity contribution in [3.8, 4) is 11.3 Å². The molecule has 4 nitrogen and oxygen atoms in total. The standard InChI is InChI=1S/C19H17N3OS2/c1-12(2)22-15-8-9-24-17(15)10-16(22)18(23)21-19-20-14(11-25-19)13-6-4-3-5-7-13/h3-12H,1-2H3,(H,20,21,23). The molecule has 0 saturated carbocycles. The minimum absolute atomic E-state index is 0.119. The summed E-state index contributed by atoms with van der Waals surface area (Å²) in [6.07, 6.45) is 0. The highest BCUT2D eigenvalue weighted by atomic mass is 32.1. The van der Waals surface area contributed by atoms with Crippen LogP contribution in [0.4, 0.5) is 5.13 Å². The lowest BCUT2D eigenvalue weighted by molar-refractivity contribution is 0.101. The monoisotopic (exact) mass is 367 g/mol. The van der Waals surface area contributed by atoms with Crippen LogP contribution in [0.15, 0.2) is 53.2 Å². The average Bonchev–Trinajstić information content (AvgIpc) is 3.30. The van der Waals surface area contributed by atoms with Crippen LogP contribution in [0, 0.1) is 0 Å². The fraction of sp³-hybridized carbons (Fsp3) is 0.158.